The number of anilines is 3. The van der Waals surface area contributed by atoms with Crippen molar-refractivity contribution in [3.8, 4) is 0 Å². The summed E-state index contributed by atoms with van der Waals surface area (Å²) in [5.41, 5.74) is 0.909. The van der Waals surface area contributed by atoms with Gasteiger partial charge in [-0.05, 0) is 24.3 Å². The van der Waals surface area contributed by atoms with E-state index in [-0.39, 0.29) is 12.5 Å². The Morgan fingerprint density at radius 2 is 1.81 bits per heavy atom. The highest BCUT2D eigenvalue weighted by Gasteiger charge is 2.22. The zero-order valence-corrected chi connectivity index (χ0v) is 14.6. The number of carbonyl (C=O) groups is 1. The van der Waals surface area contributed by atoms with E-state index in [0.29, 0.717) is 18.9 Å². The molecule has 1 aliphatic heterocycles. The lowest BCUT2D eigenvalue weighted by Crippen LogP contribution is -2.49. The van der Waals surface area contributed by atoms with Crippen LogP contribution in [0.1, 0.15) is 0 Å². The van der Waals surface area contributed by atoms with Gasteiger partial charge in [-0.3, -0.25) is 9.78 Å². The molecule has 0 unspecified atom stereocenters. The van der Waals surface area contributed by atoms with Crippen molar-refractivity contribution in [3.05, 3.63) is 49.3 Å². The van der Waals surface area contributed by atoms with Crippen molar-refractivity contribution in [2.45, 2.75) is 6.54 Å². The molecule has 0 aromatic carbocycles. The fourth-order valence-corrected chi connectivity index (χ4v) is 2.88. The van der Waals surface area contributed by atoms with Gasteiger partial charge >= 0.3 is 0 Å². The molecule has 1 saturated heterocycles. The molecule has 1 fully saturated rings. The van der Waals surface area contributed by atoms with Crippen LogP contribution in [0.2, 0.25) is 0 Å². The molecular formula is C17H19N9O. The van der Waals surface area contributed by atoms with Gasteiger partial charge in [0.05, 0.1) is 0 Å². The normalized spacial score (nSPS) is 14.2. The van der Waals surface area contributed by atoms with Crippen molar-refractivity contribution in [1.29, 1.82) is 0 Å². The van der Waals surface area contributed by atoms with E-state index in [4.69, 9.17) is 0 Å². The van der Waals surface area contributed by atoms with E-state index in [1.165, 1.54) is 11.0 Å². The van der Waals surface area contributed by atoms with Crippen LogP contribution in [0.5, 0.6) is 0 Å². The molecule has 0 bridgehead atoms. The van der Waals surface area contributed by atoms with Gasteiger partial charge in [0.25, 0.3) is 0 Å². The number of rotatable bonds is 5. The standard InChI is InChI=1S/C17H19N9O/c27-17(11-26-13-19-12-20-26)25-9-7-24(8-10-25)16-2-1-15(22-23-16)21-14-3-5-18-6-4-14/h1-6,12-13H,7-11H2,(H,18,21,22). The number of carbonyl (C=O) groups excluding carboxylic acids is 1. The summed E-state index contributed by atoms with van der Waals surface area (Å²) in [5.74, 6) is 1.52. The third-order valence-electron chi connectivity index (χ3n) is 4.32. The maximum absolute atomic E-state index is 12.3. The van der Waals surface area contributed by atoms with Gasteiger partial charge in [-0.2, -0.15) is 5.10 Å². The smallest absolute Gasteiger partial charge is 0.244 e. The third kappa shape index (κ3) is 4.17. The SMILES string of the molecule is O=C(Cn1cncn1)N1CCN(c2ccc(Nc3ccncc3)nn2)CC1. The van der Waals surface area contributed by atoms with Crippen molar-refractivity contribution in [2.75, 3.05) is 36.4 Å². The van der Waals surface area contributed by atoms with Gasteiger partial charge < -0.3 is 15.1 Å². The van der Waals surface area contributed by atoms with Crippen LogP contribution in [0.15, 0.2) is 49.3 Å². The Kier molecular flexibility index (Phi) is 4.86. The molecule has 4 rings (SSSR count). The van der Waals surface area contributed by atoms with Crippen LogP contribution in [0, 0.1) is 0 Å². The van der Waals surface area contributed by atoms with Crippen LogP contribution in [-0.2, 0) is 11.3 Å². The molecule has 0 spiro atoms. The molecule has 1 N–H and O–H groups in total. The van der Waals surface area contributed by atoms with Gasteiger partial charge in [-0.1, -0.05) is 0 Å². The highest BCUT2D eigenvalue weighted by molar-refractivity contribution is 5.76. The lowest BCUT2D eigenvalue weighted by molar-refractivity contribution is -0.132. The number of aromatic nitrogens is 6. The minimum Gasteiger partial charge on any atom is -0.352 e. The summed E-state index contributed by atoms with van der Waals surface area (Å²) in [6.07, 6.45) is 6.41. The maximum Gasteiger partial charge on any atom is 0.244 e. The van der Waals surface area contributed by atoms with Crippen LogP contribution >= 0.6 is 0 Å². The van der Waals surface area contributed by atoms with Crippen LogP contribution in [0.3, 0.4) is 0 Å². The third-order valence-corrected chi connectivity index (χ3v) is 4.32. The molecule has 0 radical (unpaired) electrons. The Balaban J connectivity index is 1.31. The van der Waals surface area contributed by atoms with Gasteiger partial charge in [0, 0.05) is 44.3 Å². The van der Waals surface area contributed by atoms with Crippen molar-refractivity contribution in [2.24, 2.45) is 0 Å². The number of nitrogens with one attached hydrogen (secondary N) is 1. The molecule has 27 heavy (non-hydrogen) atoms. The molecule has 3 aromatic heterocycles. The van der Waals surface area contributed by atoms with Crippen LogP contribution in [0.25, 0.3) is 0 Å². The Bertz CT molecular complexity index is 859. The molecule has 10 nitrogen and oxygen atoms in total. The second-order valence-electron chi connectivity index (χ2n) is 6.10. The van der Waals surface area contributed by atoms with E-state index in [9.17, 15) is 4.79 Å². The molecule has 10 heteroatoms. The summed E-state index contributed by atoms with van der Waals surface area (Å²) >= 11 is 0. The summed E-state index contributed by atoms with van der Waals surface area (Å²) in [6.45, 7) is 2.94. The van der Waals surface area contributed by atoms with E-state index in [0.717, 1.165) is 24.6 Å². The zero-order chi connectivity index (χ0) is 18.5. The number of hydrogen-bond donors (Lipinski definition) is 1. The molecular weight excluding hydrogens is 346 g/mol. The second kappa shape index (κ2) is 7.77. The summed E-state index contributed by atoms with van der Waals surface area (Å²) < 4.78 is 1.54. The van der Waals surface area contributed by atoms with E-state index in [2.05, 4.69) is 35.5 Å². The first kappa shape index (κ1) is 16.9. The van der Waals surface area contributed by atoms with Crippen molar-refractivity contribution >= 4 is 23.2 Å². The largest absolute Gasteiger partial charge is 0.352 e. The minimum absolute atomic E-state index is 0.0446. The predicted molar refractivity (Wildman–Crippen MR) is 98.4 cm³/mol. The first-order valence-electron chi connectivity index (χ1n) is 8.64. The second-order valence-corrected chi connectivity index (χ2v) is 6.10. The lowest BCUT2D eigenvalue weighted by Gasteiger charge is -2.35. The number of nitrogens with zero attached hydrogens (tertiary/aromatic N) is 8. The van der Waals surface area contributed by atoms with E-state index < -0.39 is 0 Å². The Hall–Kier alpha value is -3.56. The number of pyridine rings is 1. The summed E-state index contributed by atoms with van der Waals surface area (Å²) in [5, 5.41) is 15.7. The molecule has 0 saturated carbocycles. The quantitative estimate of drug-likeness (QED) is 0.699. The van der Waals surface area contributed by atoms with Gasteiger partial charge in [-0.25, -0.2) is 9.67 Å². The highest BCUT2D eigenvalue weighted by atomic mass is 16.2. The Morgan fingerprint density at radius 3 is 2.48 bits per heavy atom. The molecule has 0 atom stereocenters. The maximum atomic E-state index is 12.3. The lowest BCUT2D eigenvalue weighted by atomic mass is 10.3. The van der Waals surface area contributed by atoms with E-state index >= 15 is 0 Å². The average molecular weight is 365 g/mol. The average Bonchev–Trinajstić information content (AvgIpc) is 3.22. The number of hydrogen-bond acceptors (Lipinski definition) is 8. The van der Waals surface area contributed by atoms with Crippen molar-refractivity contribution < 1.29 is 4.79 Å². The zero-order valence-electron chi connectivity index (χ0n) is 14.6. The van der Waals surface area contributed by atoms with Crippen LogP contribution in [0.4, 0.5) is 17.3 Å². The monoisotopic (exact) mass is 365 g/mol. The molecule has 1 amide bonds. The van der Waals surface area contributed by atoms with Gasteiger partial charge in [-0.15, -0.1) is 10.2 Å². The summed E-state index contributed by atoms with van der Waals surface area (Å²) in [7, 11) is 0. The van der Waals surface area contributed by atoms with Gasteiger partial charge in [0.2, 0.25) is 5.91 Å². The summed E-state index contributed by atoms with van der Waals surface area (Å²) in [4.78, 5) is 24.1. The Morgan fingerprint density at radius 1 is 1.00 bits per heavy atom. The Labute approximate surface area is 155 Å². The predicted octanol–water partition coefficient (Wildman–Crippen LogP) is 0.555. The van der Waals surface area contributed by atoms with Crippen molar-refractivity contribution in [3.63, 3.8) is 0 Å². The first-order valence-corrected chi connectivity index (χ1v) is 8.64. The van der Waals surface area contributed by atoms with Crippen molar-refractivity contribution in [1.82, 2.24) is 34.8 Å². The fourth-order valence-electron chi connectivity index (χ4n) is 2.88. The molecule has 0 aliphatic carbocycles. The minimum atomic E-state index is 0.0446. The molecule has 4 heterocycles. The molecule has 138 valence electrons. The molecule has 1 aliphatic rings. The summed E-state index contributed by atoms with van der Waals surface area (Å²) in [6, 6.07) is 7.56. The molecule has 3 aromatic rings. The van der Waals surface area contributed by atoms with Crippen LogP contribution in [-0.4, -0.2) is 66.9 Å². The van der Waals surface area contributed by atoms with E-state index in [1.807, 2.05) is 29.2 Å². The van der Waals surface area contributed by atoms with Gasteiger partial charge in [0.15, 0.2) is 11.6 Å². The van der Waals surface area contributed by atoms with E-state index in [1.54, 1.807) is 18.7 Å². The fraction of sp³-hybridized carbons (Fsp3) is 0.294. The van der Waals surface area contributed by atoms with Crippen LogP contribution < -0.4 is 10.2 Å². The number of amides is 1. The number of piperazine rings is 1. The topological polar surface area (TPSA) is 105 Å². The first-order chi connectivity index (χ1) is 13.3. The highest BCUT2D eigenvalue weighted by Crippen LogP contribution is 2.17. The van der Waals surface area contributed by atoms with Gasteiger partial charge in [0.1, 0.15) is 19.2 Å².